The second kappa shape index (κ2) is 12.6. The standard InChI is InChI=1S/C25H31ClF3N3O4S/c1-5-17(3)30-24(34)22(6-2)31(15-18-10-12-20(26)13-11-18)23(33)16-32(37(4,35)36)21-9-7-8-19(14-21)25(27,28)29/h7-14,17,22H,5-6,15-16H2,1-4H3,(H,30,34). The molecule has 0 heterocycles. The van der Waals surface area contributed by atoms with Gasteiger partial charge in [0.25, 0.3) is 0 Å². The molecular formula is C25H31ClF3N3O4S. The minimum atomic E-state index is -4.70. The Balaban J connectivity index is 2.48. The van der Waals surface area contributed by atoms with Crippen molar-refractivity contribution >= 4 is 39.1 Å². The van der Waals surface area contributed by atoms with Gasteiger partial charge in [0.05, 0.1) is 17.5 Å². The zero-order valence-electron chi connectivity index (χ0n) is 21.0. The van der Waals surface area contributed by atoms with Gasteiger partial charge in [-0.25, -0.2) is 8.42 Å². The van der Waals surface area contributed by atoms with Crippen LogP contribution in [-0.2, 0) is 32.3 Å². The minimum absolute atomic E-state index is 0.0391. The predicted octanol–water partition coefficient (Wildman–Crippen LogP) is 4.85. The fourth-order valence-electron chi connectivity index (χ4n) is 3.60. The van der Waals surface area contributed by atoms with Crippen LogP contribution in [0.25, 0.3) is 0 Å². The summed E-state index contributed by atoms with van der Waals surface area (Å²) >= 11 is 5.96. The summed E-state index contributed by atoms with van der Waals surface area (Å²) in [7, 11) is -4.16. The Morgan fingerprint density at radius 3 is 2.19 bits per heavy atom. The molecule has 12 heteroatoms. The van der Waals surface area contributed by atoms with E-state index in [4.69, 9.17) is 11.6 Å². The number of rotatable bonds is 11. The van der Waals surface area contributed by atoms with Crippen molar-refractivity contribution in [3.05, 3.63) is 64.7 Å². The molecule has 0 aromatic heterocycles. The maximum absolute atomic E-state index is 13.6. The highest BCUT2D eigenvalue weighted by molar-refractivity contribution is 7.92. The van der Waals surface area contributed by atoms with Crippen molar-refractivity contribution in [1.82, 2.24) is 10.2 Å². The largest absolute Gasteiger partial charge is 0.416 e. The summed E-state index contributed by atoms with van der Waals surface area (Å²) in [5.41, 5.74) is -0.727. The molecule has 2 aromatic carbocycles. The van der Waals surface area contributed by atoms with Crippen molar-refractivity contribution in [2.24, 2.45) is 0 Å². The molecule has 0 aliphatic carbocycles. The van der Waals surface area contributed by atoms with Crippen LogP contribution in [0.1, 0.15) is 44.7 Å². The summed E-state index contributed by atoms with van der Waals surface area (Å²) in [4.78, 5) is 27.9. The molecule has 2 rings (SSSR count). The van der Waals surface area contributed by atoms with Gasteiger partial charge in [-0.05, 0) is 55.7 Å². The highest BCUT2D eigenvalue weighted by Crippen LogP contribution is 2.32. The van der Waals surface area contributed by atoms with Gasteiger partial charge in [0.15, 0.2) is 0 Å². The second-order valence-electron chi connectivity index (χ2n) is 8.71. The van der Waals surface area contributed by atoms with Gasteiger partial charge in [-0.3, -0.25) is 13.9 Å². The summed E-state index contributed by atoms with van der Waals surface area (Å²) in [5, 5.41) is 3.31. The van der Waals surface area contributed by atoms with Crippen molar-refractivity contribution in [3.8, 4) is 0 Å². The van der Waals surface area contributed by atoms with Crippen molar-refractivity contribution in [2.45, 2.75) is 58.4 Å². The first kappa shape index (κ1) is 30.4. The van der Waals surface area contributed by atoms with Crippen molar-refractivity contribution in [2.75, 3.05) is 17.1 Å². The van der Waals surface area contributed by atoms with E-state index in [0.29, 0.717) is 27.4 Å². The van der Waals surface area contributed by atoms with Gasteiger partial charge >= 0.3 is 6.18 Å². The van der Waals surface area contributed by atoms with E-state index in [-0.39, 0.29) is 24.7 Å². The number of hydrogen-bond acceptors (Lipinski definition) is 4. The normalized spacial score (nSPS) is 13.5. The lowest BCUT2D eigenvalue weighted by Gasteiger charge is -2.33. The molecule has 0 aliphatic heterocycles. The summed E-state index contributed by atoms with van der Waals surface area (Å²) in [6.45, 7) is 4.59. The van der Waals surface area contributed by atoms with Crippen LogP contribution in [0.2, 0.25) is 5.02 Å². The number of alkyl halides is 3. The first-order chi connectivity index (χ1) is 17.2. The Hall–Kier alpha value is -2.79. The molecule has 0 saturated heterocycles. The molecule has 204 valence electrons. The molecule has 0 spiro atoms. The quantitative estimate of drug-likeness (QED) is 0.425. The molecular weight excluding hydrogens is 531 g/mol. The molecule has 2 atom stereocenters. The molecule has 1 N–H and O–H groups in total. The molecule has 0 saturated carbocycles. The molecule has 0 bridgehead atoms. The number of nitrogens with zero attached hydrogens (tertiary/aromatic N) is 2. The van der Waals surface area contributed by atoms with E-state index < -0.39 is 46.2 Å². The average Bonchev–Trinajstić information content (AvgIpc) is 2.82. The molecule has 2 unspecified atom stereocenters. The lowest BCUT2D eigenvalue weighted by atomic mass is 10.1. The summed E-state index contributed by atoms with van der Waals surface area (Å²) in [6, 6.07) is 9.20. The highest BCUT2D eigenvalue weighted by atomic mass is 35.5. The fraction of sp³-hybridized carbons (Fsp3) is 0.440. The zero-order chi connectivity index (χ0) is 28.0. The van der Waals surface area contributed by atoms with Crippen LogP contribution in [-0.4, -0.2) is 50.0 Å². The van der Waals surface area contributed by atoms with Crippen LogP contribution >= 0.6 is 11.6 Å². The third-order valence-corrected chi connectivity index (χ3v) is 7.19. The smallest absolute Gasteiger partial charge is 0.352 e. The van der Waals surface area contributed by atoms with Gasteiger partial charge in [0, 0.05) is 17.6 Å². The molecule has 0 fully saturated rings. The van der Waals surface area contributed by atoms with E-state index in [9.17, 15) is 31.2 Å². The summed E-state index contributed by atoms with van der Waals surface area (Å²) in [5.74, 6) is -1.16. The Labute approximate surface area is 220 Å². The van der Waals surface area contributed by atoms with Crippen LogP contribution in [0, 0.1) is 0 Å². The van der Waals surface area contributed by atoms with E-state index in [2.05, 4.69) is 5.32 Å². The van der Waals surface area contributed by atoms with Crippen molar-refractivity contribution in [3.63, 3.8) is 0 Å². The molecule has 2 aromatic rings. The van der Waals surface area contributed by atoms with E-state index >= 15 is 0 Å². The number of nitrogens with one attached hydrogen (secondary N) is 1. The molecule has 0 aliphatic rings. The number of anilines is 1. The topological polar surface area (TPSA) is 86.8 Å². The third kappa shape index (κ3) is 8.63. The van der Waals surface area contributed by atoms with Crippen LogP contribution < -0.4 is 9.62 Å². The Morgan fingerprint density at radius 1 is 1.05 bits per heavy atom. The zero-order valence-corrected chi connectivity index (χ0v) is 22.6. The van der Waals surface area contributed by atoms with E-state index in [1.54, 1.807) is 31.2 Å². The molecule has 2 amide bonds. The lowest BCUT2D eigenvalue weighted by molar-refractivity contribution is -0.140. The highest BCUT2D eigenvalue weighted by Gasteiger charge is 2.34. The van der Waals surface area contributed by atoms with Gasteiger partial charge in [-0.1, -0.05) is 43.6 Å². The van der Waals surface area contributed by atoms with Crippen molar-refractivity contribution < 1.29 is 31.2 Å². The number of hydrogen-bond donors (Lipinski definition) is 1. The van der Waals surface area contributed by atoms with Crippen LogP contribution in [0.4, 0.5) is 18.9 Å². The Kier molecular flexibility index (Phi) is 10.4. The number of benzene rings is 2. The van der Waals surface area contributed by atoms with E-state index in [1.165, 1.54) is 11.0 Å². The summed E-state index contributed by atoms with van der Waals surface area (Å²) in [6.07, 6.45) is -3.02. The second-order valence-corrected chi connectivity index (χ2v) is 11.1. The van der Waals surface area contributed by atoms with E-state index in [0.717, 1.165) is 18.4 Å². The third-order valence-electron chi connectivity index (χ3n) is 5.79. The maximum Gasteiger partial charge on any atom is 0.416 e. The number of halogens is 4. The molecule has 7 nitrogen and oxygen atoms in total. The number of carbonyl (C=O) groups excluding carboxylic acids is 2. The molecule has 0 radical (unpaired) electrons. The van der Waals surface area contributed by atoms with Gasteiger partial charge < -0.3 is 10.2 Å². The first-order valence-electron chi connectivity index (χ1n) is 11.7. The SMILES string of the molecule is CCC(C)NC(=O)C(CC)N(Cc1ccc(Cl)cc1)C(=O)CN(c1cccc(C(F)(F)F)c1)S(C)(=O)=O. The first-order valence-corrected chi connectivity index (χ1v) is 13.9. The van der Waals surface area contributed by atoms with Crippen LogP contribution in [0.15, 0.2) is 48.5 Å². The maximum atomic E-state index is 13.6. The van der Waals surface area contributed by atoms with Gasteiger partial charge in [-0.2, -0.15) is 13.2 Å². The minimum Gasteiger partial charge on any atom is -0.352 e. The van der Waals surface area contributed by atoms with Gasteiger partial charge in [0.2, 0.25) is 21.8 Å². The summed E-state index contributed by atoms with van der Waals surface area (Å²) < 4.78 is 65.6. The fourth-order valence-corrected chi connectivity index (χ4v) is 4.57. The molecule has 37 heavy (non-hydrogen) atoms. The number of sulfonamides is 1. The van der Waals surface area contributed by atoms with Gasteiger partial charge in [-0.15, -0.1) is 0 Å². The van der Waals surface area contributed by atoms with Gasteiger partial charge in [0.1, 0.15) is 12.6 Å². The average molecular weight is 562 g/mol. The van der Waals surface area contributed by atoms with Crippen molar-refractivity contribution in [1.29, 1.82) is 0 Å². The Bertz CT molecular complexity index is 1190. The Morgan fingerprint density at radius 2 is 1.68 bits per heavy atom. The number of carbonyl (C=O) groups is 2. The predicted molar refractivity (Wildman–Crippen MR) is 138 cm³/mol. The van der Waals surface area contributed by atoms with Crippen LogP contribution in [0.5, 0.6) is 0 Å². The number of amides is 2. The monoisotopic (exact) mass is 561 g/mol. The van der Waals surface area contributed by atoms with E-state index in [1.807, 2.05) is 13.8 Å². The lowest BCUT2D eigenvalue weighted by Crippen LogP contribution is -2.53. The van der Waals surface area contributed by atoms with Crippen LogP contribution in [0.3, 0.4) is 0 Å².